The first-order valence-electron chi connectivity index (χ1n) is 8.94. The second kappa shape index (κ2) is 7.64. The summed E-state index contributed by atoms with van der Waals surface area (Å²) in [6, 6.07) is 5.06. The number of carbonyl (C=O) groups is 2. The number of benzene rings is 1. The van der Waals surface area contributed by atoms with E-state index in [9.17, 15) is 22.8 Å². The number of hydrogen-bond donors (Lipinski definition) is 3. The quantitative estimate of drug-likeness (QED) is 0.426. The third-order valence-electron chi connectivity index (χ3n) is 4.59. The van der Waals surface area contributed by atoms with Crippen molar-refractivity contribution in [1.82, 2.24) is 25.0 Å². The van der Waals surface area contributed by atoms with Crippen molar-refractivity contribution < 1.29 is 22.8 Å². The van der Waals surface area contributed by atoms with Gasteiger partial charge in [0.2, 0.25) is 0 Å². The van der Waals surface area contributed by atoms with Crippen molar-refractivity contribution in [3.63, 3.8) is 0 Å². The van der Waals surface area contributed by atoms with Gasteiger partial charge >= 0.3 is 6.18 Å². The Kier molecular flexibility index (Phi) is 5.09. The molecule has 3 heterocycles. The van der Waals surface area contributed by atoms with E-state index in [1.165, 1.54) is 24.5 Å². The summed E-state index contributed by atoms with van der Waals surface area (Å²) in [5.74, 6) is -2.03. The van der Waals surface area contributed by atoms with Gasteiger partial charge in [0.05, 0.1) is 28.0 Å². The van der Waals surface area contributed by atoms with E-state index < -0.39 is 29.4 Å². The van der Waals surface area contributed by atoms with Crippen molar-refractivity contribution in [3.8, 4) is 5.82 Å². The predicted octanol–water partition coefficient (Wildman–Crippen LogP) is 3.48. The number of pyridine rings is 1. The van der Waals surface area contributed by atoms with Gasteiger partial charge in [-0.15, -0.1) is 0 Å². The van der Waals surface area contributed by atoms with Gasteiger partial charge in [-0.3, -0.25) is 14.7 Å². The first kappa shape index (κ1) is 21.3. The number of nitrogens with one attached hydrogen (secondary N) is 2. The van der Waals surface area contributed by atoms with Crippen molar-refractivity contribution in [2.45, 2.75) is 13.1 Å². The molecule has 164 valence electrons. The van der Waals surface area contributed by atoms with Crippen LogP contribution in [0.25, 0.3) is 16.7 Å². The van der Waals surface area contributed by atoms with E-state index in [2.05, 4.69) is 25.6 Å². The number of amides is 2. The molecule has 13 heteroatoms. The zero-order chi connectivity index (χ0) is 23.2. The van der Waals surface area contributed by atoms with Gasteiger partial charge in [0.15, 0.2) is 11.5 Å². The van der Waals surface area contributed by atoms with Crippen molar-refractivity contribution >= 4 is 40.0 Å². The standard InChI is InChI=1S/C19H13ClF3N7O2/c1-8-5-9-7-26-28-15(9)13(16(24)31)14(8)27-18(32)11-6-12(19(21,22)23)29-30(11)17-10(20)3-2-4-25-17/h2-7H,1H3,(H2,24,31)(H,26,28)(H,27,32). The van der Waals surface area contributed by atoms with Crippen molar-refractivity contribution in [3.05, 3.63) is 64.2 Å². The Hall–Kier alpha value is -3.93. The fraction of sp³-hybridized carbons (Fsp3) is 0.105. The molecule has 0 aliphatic rings. The number of hydrogen-bond acceptors (Lipinski definition) is 5. The molecule has 0 saturated carbocycles. The number of rotatable bonds is 4. The smallest absolute Gasteiger partial charge is 0.365 e. The molecular formula is C19H13ClF3N7O2. The lowest BCUT2D eigenvalue weighted by Crippen LogP contribution is -2.22. The van der Waals surface area contributed by atoms with E-state index in [-0.39, 0.29) is 27.6 Å². The van der Waals surface area contributed by atoms with Gasteiger partial charge in [-0.25, -0.2) is 9.67 Å². The number of alkyl halides is 3. The largest absolute Gasteiger partial charge is 0.435 e. The highest BCUT2D eigenvalue weighted by Gasteiger charge is 2.37. The highest BCUT2D eigenvalue weighted by atomic mass is 35.5. The first-order chi connectivity index (χ1) is 15.1. The van der Waals surface area contributed by atoms with Gasteiger partial charge in [0.1, 0.15) is 5.69 Å². The van der Waals surface area contributed by atoms with E-state index in [1.807, 2.05) is 0 Å². The number of primary amides is 1. The maximum Gasteiger partial charge on any atom is 0.435 e. The molecule has 0 atom stereocenters. The maximum absolute atomic E-state index is 13.3. The summed E-state index contributed by atoms with van der Waals surface area (Å²) in [5, 5.41) is 13.0. The van der Waals surface area contributed by atoms with Crippen LogP contribution in [0.1, 0.15) is 32.1 Å². The molecule has 4 rings (SSSR count). The van der Waals surface area contributed by atoms with Gasteiger partial charge in [0.25, 0.3) is 11.8 Å². The molecule has 32 heavy (non-hydrogen) atoms. The summed E-state index contributed by atoms with van der Waals surface area (Å²) in [4.78, 5) is 29.1. The number of nitrogens with zero attached hydrogens (tertiary/aromatic N) is 4. The van der Waals surface area contributed by atoms with Crippen LogP contribution in [0.3, 0.4) is 0 Å². The van der Waals surface area contributed by atoms with Gasteiger partial charge in [-0.1, -0.05) is 11.6 Å². The summed E-state index contributed by atoms with van der Waals surface area (Å²) in [5.41, 5.74) is 4.34. The van der Waals surface area contributed by atoms with E-state index in [0.717, 1.165) is 0 Å². The van der Waals surface area contributed by atoms with Crippen molar-refractivity contribution in [2.75, 3.05) is 5.32 Å². The van der Waals surface area contributed by atoms with Crippen LogP contribution in [0.15, 0.2) is 36.7 Å². The predicted molar refractivity (Wildman–Crippen MR) is 109 cm³/mol. The van der Waals surface area contributed by atoms with Crippen LogP contribution in [0.4, 0.5) is 18.9 Å². The molecule has 0 radical (unpaired) electrons. The second-order valence-corrected chi connectivity index (χ2v) is 7.14. The zero-order valence-electron chi connectivity index (χ0n) is 16.2. The van der Waals surface area contributed by atoms with E-state index in [0.29, 0.717) is 21.7 Å². The Bertz CT molecular complexity index is 1380. The highest BCUT2D eigenvalue weighted by molar-refractivity contribution is 6.32. The molecule has 0 aliphatic carbocycles. The molecular weight excluding hydrogens is 451 g/mol. The lowest BCUT2D eigenvalue weighted by Gasteiger charge is -2.14. The van der Waals surface area contributed by atoms with Gasteiger partial charge < -0.3 is 11.1 Å². The summed E-state index contributed by atoms with van der Waals surface area (Å²) in [6.07, 6.45) is -2.07. The minimum absolute atomic E-state index is 0.0210. The summed E-state index contributed by atoms with van der Waals surface area (Å²) in [7, 11) is 0. The minimum atomic E-state index is -4.83. The van der Waals surface area contributed by atoms with Gasteiger partial charge in [-0.2, -0.15) is 23.4 Å². The third-order valence-corrected chi connectivity index (χ3v) is 4.89. The highest BCUT2D eigenvalue weighted by Crippen LogP contribution is 2.32. The number of fused-ring (bicyclic) bond motifs is 1. The minimum Gasteiger partial charge on any atom is -0.365 e. The molecule has 0 saturated heterocycles. The lowest BCUT2D eigenvalue weighted by atomic mass is 10.0. The number of halogens is 4. The molecule has 0 spiro atoms. The molecule has 2 amide bonds. The Balaban J connectivity index is 1.85. The zero-order valence-corrected chi connectivity index (χ0v) is 16.9. The molecule has 9 nitrogen and oxygen atoms in total. The summed E-state index contributed by atoms with van der Waals surface area (Å²) >= 11 is 6.06. The van der Waals surface area contributed by atoms with Crippen LogP contribution in [-0.2, 0) is 6.18 Å². The van der Waals surface area contributed by atoms with E-state index in [1.54, 1.807) is 13.0 Å². The normalized spacial score (nSPS) is 11.7. The Morgan fingerprint density at radius 2 is 2.03 bits per heavy atom. The number of aromatic nitrogens is 5. The first-order valence-corrected chi connectivity index (χ1v) is 9.31. The molecule has 0 bridgehead atoms. The fourth-order valence-corrected chi connectivity index (χ4v) is 3.40. The third kappa shape index (κ3) is 3.64. The van der Waals surface area contributed by atoms with Gasteiger partial charge in [-0.05, 0) is 30.7 Å². The summed E-state index contributed by atoms with van der Waals surface area (Å²) < 4.78 is 40.7. The van der Waals surface area contributed by atoms with Gasteiger partial charge in [0, 0.05) is 17.6 Å². The Labute approximate surface area is 182 Å². The van der Waals surface area contributed by atoms with Crippen LogP contribution in [0.2, 0.25) is 5.02 Å². The monoisotopic (exact) mass is 463 g/mol. The van der Waals surface area contributed by atoms with Crippen LogP contribution in [0.5, 0.6) is 0 Å². The topological polar surface area (TPSA) is 132 Å². The maximum atomic E-state index is 13.3. The Morgan fingerprint density at radius 3 is 2.69 bits per heavy atom. The molecule has 1 aromatic carbocycles. The summed E-state index contributed by atoms with van der Waals surface area (Å²) in [6.45, 7) is 1.60. The van der Waals surface area contributed by atoms with E-state index in [4.69, 9.17) is 17.3 Å². The van der Waals surface area contributed by atoms with Crippen LogP contribution in [-0.4, -0.2) is 36.8 Å². The SMILES string of the molecule is Cc1cc2cn[nH]c2c(C(N)=O)c1NC(=O)c1cc(C(F)(F)F)nn1-c1ncccc1Cl. The number of nitrogens with two attached hydrogens (primary N) is 1. The number of anilines is 1. The molecule has 0 unspecified atom stereocenters. The number of aryl methyl sites for hydroxylation is 1. The average Bonchev–Trinajstić information content (AvgIpc) is 3.35. The van der Waals surface area contributed by atoms with Crippen LogP contribution >= 0.6 is 11.6 Å². The Morgan fingerprint density at radius 1 is 1.28 bits per heavy atom. The number of H-pyrrole nitrogens is 1. The molecule has 0 aliphatic heterocycles. The molecule has 4 aromatic rings. The lowest BCUT2D eigenvalue weighted by molar-refractivity contribution is -0.141. The van der Waals surface area contributed by atoms with E-state index >= 15 is 0 Å². The molecule has 3 aromatic heterocycles. The van der Waals surface area contributed by atoms with Crippen LogP contribution in [0, 0.1) is 6.92 Å². The average molecular weight is 464 g/mol. The number of carbonyl (C=O) groups excluding carboxylic acids is 2. The van der Waals surface area contributed by atoms with Crippen molar-refractivity contribution in [1.29, 1.82) is 0 Å². The molecule has 4 N–H and O–H groups in total. The fourth-order valence-electron chi connectivity index (χ4n) is 3.19. The number of aromatic amines is 1. The van der Waals surface area contributed by atoms with Crippen LogP contribution < -0.4 is 11.1 Å². The molecule has 0 fully saturated rings. The second-order valence-electron chi connectivity index (χ2n) is 6.73. The van der Waals surface area contributed by atoms with Crippen molar-refractivity contribution in [2.24, 2.45) is 5.73 Å².